The molecule has 1 aliphatic heterocycles. The van der Waals surface area contributed by atoms with E-state index in [1.165, 1.54) is 12.8 Å². The third-order valence-corrected chi connectivity index (χ3v) is 2.94. The Morgan fingerprint density at radius 3 is 3.31 bits per heavy atom. The van der Waals surface area contributed by atoms with Gasteiger partial charge >= 0.3 is 0 Å². The van der Waals surface area contributed by atoms with Crippen LogP contribution in [-0.2, 0) is 0 Å². The Balaban J connectivity index is 1.69. The highest BCUT2D eigenvalue weighted by Crippen LogP contribution is 2.11. The van der Waals surface area contributed by atoms with Crippen molar-refractivity contribution in [3.63, 3.8) is 0 Å². The summed E-state index contributed by atoms with van der Waals surface area (Å²) in [6.45, 7) is 2.05. The van der Waals surface area contributed by atoms with Crippen molar-refractivity contribution in [1.29, 1.82) is 0 Å². The van der Waals surface area contributed by atoms with E-state index in [2.05, 4.69) is 25.6 Å². The van der Waals surface area contributed by atoms with Crippen molar-refractivity contribution in [2.45, 2.75) is 18.9 Å². The van der Waals surface area contributed by atoms with E-state index >= 15 is 0 Å². The van der Waals surface area contributed by atoms with Gasteiger partial charge in [-0.15, -0.1) is 0 Å². The molecule has 0 aliphatic carbocycles. The van der Waals surface area contributed by atoms with Crippen LogP contribution in [0.3, 0.4) is 0 Å². The van der Waals surface area contributed by atoms with E-state index < -0.39 is 0 Å². The molecular weight excluding hydrogens is 202 g/mol. The fourth-order valence-corrected chi connectivity index (χ4v) is 2.08. The summed E-state index contributed by atoms with van der Waals surface area (Å²) in [5.74, 6) is 0.808. The highest BCUT2D eigenvalue weighted by molar-refractivity contribution is 5.72. The summed E-state index contributed by atoms with van der Waals surface area (Å²) in [5, 5.41) is 6.75. The van der Waals surface area contributed by atoms with Crippen molar-refractivity contribution in [1.82, 2.24) is 20.3 Å². The second-order valence-corrected chi connectivity index (χ2v) is 4.13. The molecule has 3 heterocycles. The molecule has 1 aliphatic rings. The summed E-state index contributed by atoms with van der Waals surface area (Å²) >= 11 is 0. The normalized spacial score (nSPS) is 20.4. The van der Waals surface area contributed by atoms with Gasteiger partial charge in [0, 0.05) is 18.8 Å². The Labute approximate surface area is 93.7 Å². The molecule has 16 heavy (non-hydrogen) atoms. The predicted molar refractivity (Wildman–Crippen MR) is 63.4 cm³/mol. The third-order valence-electron chi connectivity index (χ3n) is 2.94. The van der Waals surface area contributed by atoms with E-state index in [9.17, 15) is 0 Å². The van der Waals surface area contributed by atoms with Gasteiger partial charge in [0.2, 0.25) is 5.95 Å². The van der Waals surface area contributed by atoms with E-state index in [1.54, 1.807) is 6.20 Å². The second-order valence-electron chi connectivity index (χ2n) is 4.13. The molecule has 1 saturated heterocycles. The van der Waals surface area contributed by atoms with Crippen LogP contribution in [0.2, 0.25) is 0 Å². The number of hydrogen-bond acceptors (Lipinski definition) is 4. The molecule has 3 N–H and O–H groups in total. The largest absolute Gasteiger partial charge is 0.354 e. The minimum atomic E-state index is 0.571. The van der Waals surface area contributed by atoms with Crippen molar-refractivity contribution in [2.24, 2.45) is 0 Å². The fraction of sp³-hybridized carbons (Fsp3) is 0.455. The quantitative estimate of drug-likeness (QED) is 0.721. The first-order valence-electron chi connectivity index (χ1n) is 5.70. The molecule has 0 radical (unpaired) electrons. The zero-order valence-electron chi connectivity index (χ0n) is 9.03. The monoisotopic (exact) mass is 217 g/mol. The van der Waals surface area contributed by atoms with Gasteiger partial charge in [-0.25, -0.2) is 4.98 Å². The van der Waals surface area contributed by atoms with Crippen LogP contribution >= 0.6 is 0 Å². The first-order valence-corrected chi connectivity index (χ1v) is 5.70. The Hall–Kier alpha value is -1.62. The Morgan fingerprint density at radius 2 is 2.50 bits per heavy atom. The molecule has 5 heteroatoms. The molecule has 1 fully saturated rings. The van der Waals surface area contributed by atoms with Crippen molar-refractivity contribution in [3.05, 3.63) is 18.3 Å². The zero-order valence-corrected chi connectivity index (χ0v) is 9.03. The van der Waals surface area contributed by atoms with Gasteiger partial charge in [-0.1, -0.05) is 0 Å². The lowest BCUT2D eigenvalue weighted by atomic mass is 10.2. The number of hydrogen-bond donors (Lipinski definition) is 3. The molecule has 5 nitrogen and oxygen atoms in total. The van der Waals surface area contributed by atoms with Crippen LogP contribution in [0, 0.1) is 0 Å². The van der Waals surface area contributed by atoms with E-state index in [0.29, 0.717) is 6.04 Å². The van der Waals surface area contributed by atoms with E-state index in [0.717, 1.165) is 30.2 Å². The fourth-order valence-electron chi connectivity index (χ4n) is 2.08. The number of nitrogens with zero attached hydrogens (tertiary/aromatic N) is 2. The number of H-pyrrole nitrogens is 1. The minimum absolute atomic E-state index is 0.571. The summed E-state index contributed by atoms with van der Waals surface area (Å²) in [6.07, 6.45) is 4.27. The number of anilines is 1. The number of aromatic amines is 1. The molecule has 3 rings (SSSR count). The summed E-state index contributed by atoms with van der Waals surface area (Å²) in [4.78, 5) is 11.8. The lowest BCUT2D eigenvalue weighted by molar-refractivity contribution is 0.632. The van der Waals surface area contributed by atoms with Gasteiger partial charge in [-0.05, 0) is 31.5 Å². The van der Waals surface area contributed by atoms with E-state index in [1.807, 2.05) is 12.1 Å². The predicted octanol–water partition coefficient (Wildman–Crippen LogP) is 1.12. The van der Waals surface area contributed by atoms with Gasteiger partial charge in [0.25, 0.3) is 0 Å². The third kappa shape index (κ3) is 1.86. The SMILES string of the molecule is c1cnc2nc(NC[C@@H]3CCCN3)[nH]c2c1. The number of pyridine rings is 1. The molecule has 0 spiro atoms. The van der Waals surface area contributed by atoms with Crippen molar-refractivity contribution >= 4 is 17.1 Å². The molecule has 0 saturated carbocycles. The molecule has 1 atom stereocenters. The maximum Gasteiger partial charge on any atom is 0.202 e. The molecule has 84 valence electrons. The highest BCUT2D eigenvalue weighted by atomic mass is 15.2. The second kappa shape index (κ2) is 4.09. The van der Waals surface area contributed by atoms with Gasteiger partial charge in [-0.2, -0.15) is 4.98 Å². The summed E-state index contributed by atoms with van der Waals surface area (Å²) in [6, 6.07) is 4.46. The number of aromatic nitrogens is 3. The van der Waals surface area contributed by atoms with Gasteiger partial charge in [0.05, 0.1) is 5.52 Å². The maximum absolute atomic E-state index is 4.37. The number of rotatable bonds is 3. The average molecular weight is 217 g/mol. The molecule has 0 aromatic carbocycles. The zero-order chi connectivity index (χ0) is 10.8. The highest BCUT2D eigenvalue weighted by Gasteiger charge is 2.13. The van der Waals surface area contributed by atoms with Crippen molar-refractivity contribution in [2.75, 3.05) is 18.4 Å². The van der Waals surface area contributed by atoms with E-state index in [-0.39, 0.29) is 0 Å². The first kappa shape index (κ1) is 9.59. The molecule has 0 unspecified atom stereocenters. The van der Waals surface area contributed by atoms with Crippen LogP contribution in [-0.4, -0.2) is 34.1 Å². The van der Waals surface area contributed by atoms with Crippen LogP contribution in [0.1, 0.15) is 12.8 Å². The van der Waals surface area contributed by atoms with Crippen LogP contribution in [0.4, 0.5) is 5.95 Å². The molecular formula is C11H15N5. The molecule has 0 amide bonds. The molecule has 2 aromatic heterocycles. The van der Waals surface area contributed by atoms with Crippen LogP contribution in [0.5, 0.6) is 0 Å². The summed E-state index contributed by atoms with van der Waals surface area (Å²) in [7, 11) is 0. The van der Waals surface area contributed by atoms with Crippen molar-refractivity contribution < 1.29 is 0 Å². The minimum Gasteiger partial charge on any atom is -0.354 e. The summed E-state index contributed by atoms with van der Waals surface area (Å²) < 4.78 is 0. The standard InChI is InChI=1S/C11H15N5/c1-3-8(12-5-1)7-14-11-15-9-4-2-6-13-10(9)16-11/h2,4,6,8,12H,1,3,5,7H2,(H2,13,14,15,16)/t8-/m0/s1. The Morgan fingerprint density at radius 1 is 1.50 bits per heavy atom. The number of fused-ring (bicyclic) bond motifs is 1. The van der Waals surface area contributed by atoms with Gasteiger partial charge in [0.1, 0.15) is 0 Å². The Kier molecular flexibility index (Phi) is 2.46. The average Bonchev–Trinajstić information content (AvgIpc) is 2.95. The van der Waals surface area contributed by atoms with Gasteiger partial charge in [0.15, 0.2) is 5.65 Å². The maximum atomic E-state index is 4.37. The van der Waals surface area contributed by atoms with Crippen LogP contribution in [0.25, 0.3) is 11.2 Å². The number of nitrogens with one attached hydrogen (secondary N) is 3. The van der Waals surface area contributed by atoms with Crippen LogP contribution in [0.15, 0.2) is 18.3 Å². The summed E-state index contributed by atoms with van der Waals surface area (Å²) in [5.41, 5.74) is 1.74. The van der Waals surface area contributed by atoms with Gasteiger partial charge in [-0.3, -0.25) is 0 Å². The Bertz CT molecular complexity index is 439. The smallest absolute Gasteiger partial charge is 0.202 e. The topological polar surface area (TPSA) is 65.6 Å². The van der Waals surface area contributed by atoms with Crippen LogP contribution < -0.4 is 10.6 Å². The first-order chi connectivity index (χ1) is 7.92. The lowest BCUT2D eigenvalue weighted by Crippen LogP contribution is -2.29. The lowest BCUT2D eigenvalue weighted by Gasteiger charge is -2.09. The van der Waals surface area contributed by atoms with Gasteiger partial charge < -0.3 is 15.6 Å². The molecule has 0 bridgehead atoms. The number of imidazole rings is 1. The molecule has 2 aromatic rings. The van der Waals surface area contributed by atoms with Crippen molar-refractivity contribution in [3.8, 4) is 0 Å². The van der Waals surface area contributed by atoms with E-state index in [4.69, 9.17) is 0 Å².